The SMILES string of the molecule is CCCN(CCC)CCC(=O)NCCN1CCOCC1. The van der Waals surface area contributed by atoms with E-state index in [4.69, 9.17) is 4.74 Å². The van der Waals surface area contributed by atoms with Crippen molar-refractivity contribution >= 4 is 5.91 Å². The Hall–Kier alpha value is -0.650. The lowest BCUT2D eigenvalue weighted by molar-refractivity contribution is -0.121. The summed E-state index contributed by atoms with van der Waals surface area (Å²) >= 11 is 0. The molecule has 1 aliphatic rings. The monoisotopic (exact) mass is 285 g/mol. The van der Waals surface area contributed by atoms with E-state index >= 15 is 0 Å². The highest BCUT2D eigenvalue weighted by Gasteiger charge is 2.10. The number of morpholine rings is 1. The molecule has 1 heterocycles. The average Bonchev–Trinajstić information content (AvgIpc) is 2.46. The van der Waals surface area contributed by atoms with E-state index < -0.39 is 0 Å². The maximum absolute atomic E-state index is 11.8. The molecule has 0 aromatic heterocycles. The highest BCUT2D eigenvalue weighted by atomic mass is 16.5. The molecule has 1 N–H and O–H groups in total. The zero-order valence-electron chi connectivity index (χ0n) is 13.2. The van der Waals surface area contributed by atoms with Gasteiger partial charge in [-0.05, 0) is 25.9 Å². The Bertz CT molecular complexity index is 250. The van der Waals surface area contributed by atoms with Gasteiger partial charge in [0, 0.05) is 39.1 Å². The Morgan fingerprint density at radius 3 is 2.40 bits per heavy atom. The Morgan fingerprint density at radius 1 is 1.15 bits per heavy atom. The van der Waals surface area contributed by atoms with E-state index in [1.807, 2.05) is 0 Å². The van der Waals surface area contributed by atoms with Crippen LogP contribution in [0.25, 0.3) is 0 Å². The third kappa shape index (κ3) is 7.82. The van der Waals surface area contributed by atoms with Gasteiger partial charge in [0.25, 0.3) is 0 Å². The van der Waals surface area contributed by atoms with Crippen LogP contribution in [0, 0.1) is 0 Å². The number of hydrogen-bond acceptors (Lipinski definition) is 4. The van der Waals surface area contributed by atoms with Crippen molar-refractivity contribution in [3.05, 3.63) is 0 Å². The van der Waals surface area contributed by atoms with Crippen LogP contribution in [0.15, 0.2) is 0 Å². The first-order chi connectivity index (χ1) is 9.76. The van der Waals surface area contributed by atoms with E-state index in [0.29, 0.717) is 6.42 Å². The Balaban J connectivity index is 2.06. The minimum absolute atomic E-state index is 0.176. The summed E-state index contributed by atoms with van der Waals surface area (Å²) in [5, 5.41) is 3.02. The molecule has 0 radical (unpaired) electrons. The molecule has 0 aliphatic carbocycles. The number of hydrogen-bond donors (Lipinski definition) is 1. The minimum atomic E-state index is 0.176. The van der Waals surface area contributed by atoms with Gasteiger partial charge in [0.05, 0.1) is 13.2 Å². The van der Waals surface area contributed by atoms with Gasteiger partial charge in [0.15, 0.2) is 0 Å². The van der Waals surface area contributed by atoms with E-state index in [1.165, 1.54) is 0 Å². The van der Waals surface area contributed by atoms with Gasteiger partial charge >= 0.3 is 0 Å². The molecule has 20 heavy (non-hydrogen) atoms. The van der Waals surface area contributed by atoms with Crippen LogP contribution in [0.2, 0.25) is 0 Å². The molecular weight excluding hydrogens is 254 g/mol. The summed E-state index contributed by atoms with van der Waals surface area (Å²) in [6.45, 7) is 12.7. The fourth-order valence-electron chi connectivity index (χ4n) is 2.49. The molecule has 5 heteroatoms. The van der Waals surface area contributed by atoms with Gasteiger partial charge in [-0.2, -0.15) is 0 Å². The largest absolute Gasteiger partial charge is 0.379 e. The maximum atomic E-state index is 11.8. The predicted octanol–water partition coefficient (Wildman–Crippen LogP) is 0.947. The van der Waals surface area contributed by atoms with Crippen molar-refractivity contribution in [2.75, 3.05) is 59.0 Å². The molecule has 1 fully saturated rings. The highest BCUT2D eigenvalue weighted by molar-refractivity contribution is 5.76. The van der Waals surface area contributed by atoms with E-state index in [2.05, 4.69) is 29.0 Å². The molecule has 0 aromatic rings. The van der Waals surface area contributed by atoms with Gasteiger partial charge < -0.3 is 15.0 Å². The van der Waals surface area contributed by atoms with Crippen molar-refractivity contribution in [3.63, 3.8) is 0 Å². The van der Waals surface area contributed by atoms with Crippen LogP contribution < -0.4 is 5.32 Å². The topological polar surface area (TPSA) is 44.8 Å². The minimum Gasteiger partial charge on any atom is -0.379 e. The van der Waals surface area contributed by atoms with Crippen LogP contribution in [0.5, 0.6) is 0 Å². The lowest BCUT2D eigenvalue weighted by Gasteiger charge is -2.26. The molecule has 0 spiro atoms. The molecule has 0 unspecified atom stereocenters. The second-order valence-corrected chi connectivity index (χ2v) is 5.40. The fraction of sp³-hybridized carbons (Fsp3) is 0.933. The number of rotatable bonds is 10. The average molecular weight is 285 g/mol. The van der Waals surface area contributed by atoms with Crippen molar-refractivity contribution < 1.29 is 9.53 Å². The summed E-state index contributed by atoms with van der Waals surface area (Å²) < 4.78 is 5.30. The van der Waals surface area contributed by atoms with Crippen molar-refractivity contribution in [1.29, 1.82) is 0 Å². The Morgan fingerprint density at radius 2 is 1.80 bits per heavy atom. The van der Waals surface area contributed by atoms with Gasteiger partial charge in [-0.1, -0.05) is 13.8 Å². The lowest BCUT2D eigenvalue weighted by atomic mass is 10.3. The molecule has 1 rings (SSSR count). The van der Waals surface area contributed by atoms with Gasteiger partial charge in [-0.15, -0.1) is 0 Å². The number of ether oxygens (including phenoxy) is 1. The summed E-state index contributed by atoms with van der Waals surface area (Å²) in [5.74, 6) is 0.176. The summed E-state index contributed by atoms with van der Waals surface area (Å²) in [5.41, 5.74) is 0. The standard InChI is InChI=1S/C15H31N3O2/c1-3-7-17(8-4-2)9-5-15(19)16-6-10-18-11-13-20-14-12-18/h3-14H2,1-2H3,(H,16,19). The van der Waals surface area contributed by atoms with Crippen LogP contribution in [-0.4, -0.2) is 74.7 Å². The van der Waals surface area contributed by atoms with Gasteiger partial charge in [0.2, 0.25) is 5.91 Å². The first-order valence-corrected chi connectivity index (χ1v) is 8.05. The summed E-state index contributed by atoms with van der Waals surface area (Å²) in [7, 11) is 0. The second kappa shape index (κ2) is 11.1. The molecule has 5 nitrogen and oxygen atoms in total. The van der Waals surface area contributed by atoms with E-state index in [9.17, 15) is 4.79 Å². The highest BCUT2D eigenvalue weighted by Crippen LogP contribution is 1.97. The zero-order valence-corrected chi connectivity index (χ0v) is 13.2. The maximum Gasteiger partial charge on any atom is 0.221 e. The van der Waals surface area contributed by atoms with E-state index in [1.54, 1.807) is 0 Å². The van der Waals surface area contributed by atoms with Crippen molar-refractivity contribution in [1.82, 2.24) is 15.1 Å². The molecular formula is C15H31N3O2. The lowest BCUT2D eigenvalue weighted by Crippen LogP contribution is -2.41. The number of nitrogens with one attached hydrogen (secondary N) is 1. The molecule has 1 aliphatic heterocycles. The third-order valence-electron chi connectivity index (χ3n) is 3.59. The second-order valence-electron chi connectivity index (χ2n) is 5.40. The van der Waals surface area contributed by atoms with Crippen molar-refractivity contribution in [2.45, 2.75) is 33.1 Å². The smallest absolute Gasteiger partial charge is 0.221 e. The van der Waals surface area contributed by atoms with E-state index in [0.717, 1.165) is 71.9 Å². The predicted molar refractivity (Wildman–Crippen MR) is 81.9 cm³/mol. The van der Waals surface area contributed by atoms with Crippen LogP contribution in [0.3, 0.4) is 0 Å². The van der Waals surface area contributed by atoms with Gasteiger partial charge in [-0.3, -0.25) is 9.69 Å². The molecule has 1 saturated heterocycles. The zero-order chi connectivity index (χ0) is 14.6. The molecule has 1 amide bonds. The molecule has 0 bridgehead atoms. The van der Waals surface area contributed by atoms with Crippen molar-refractivity contribution in [3.8, 4) is 0 Å². The first-order valence-electron chi connectivity index (χ1n) is 8.05. The van der Waals surface area contributed by atoms with Gasteiger partial charge in [-0.25, -0.2) is 0 Å². The fourth-order valence-corrected chi connectivity index (χ4v) is 2.49. The van der Waals surface area contributed by atoms with Crippen LogP contribution in [0.4, 0.5) is 0 Å². The summed E-state index contributed by atoms with van der Waals surface area (Å²) in [6.07, 6.45) is 2.92. The number of carbonyl (C=O) groups is 1. The normalized spacial score (nSPS) is 16.6. The molecule has 0 aromatic carbocycles. The van der Waals surface area contributed by atoms with Crippen LogP contribution in [0.1, 0.15) is 33.1 Å². The molecule has 118 valence electrons. The third-order valence-corrected chi connectivity index (χ3v) is 3.59. The Labute approximate surface area is 123 Å². The van der Waals surface area contributed by atoms with Crippen LogP contribution in [-0.2, 0) is 9.53 Å². The summed E-state index contributed by atoms with van der Waals surface area (Å²) in [4.78, 5) is 16.5. The quantitative estimate of drug-likeness (QED) is 0.649. The number of amides is 1. The molecule has 0 saturated carbocycles. The Kier molecular flexibility index (Phi) is 9.62. The van der Waals surface area contributed by atoms with Gasteiger partial charge in [0.1, 0.15) is 0 Å². The first kappa shape index (κ1) is 17.4. The van der Waals surface area contributed by atoms with Crippen molar-refractivity contribution in [2.24, 2.45) is 0 Å². The number of carbonyl (C=O) groups excluding carboxylic acids is 1. The number of nitrogens with zero attached hydrogens (tertiary/aromatic N) is 2. The van der Waals surface area contributed by atoms with Crippen LogP contribution >= 0.6 is 0 Å². The summed E-state index contributed by atoms with van der Waals surface area (Å²) in [6, 6.07) is 0. The molecule has 0 atom stereocenters. The van der Waals surface area contributed by atoms with E-state index in [-0.39, 0.29) is 5.91 Å².